The Labute approximate surface area is 178 Å². The topological polar surface area (TPSA) is 64.0 Å². The molecule has 1 fully saturated rings. The summed E-state index contributed by atoms with van der Waals surface area (Å²) >= 11 is 10.8. The van der Waals surface area contributed by atoms with Crippen molar-refractivity contribution in [3.63, 3.8) is 0 Å². The van der Waals surface area contributed by atoms with Crippen LogP contribution in [0.1, 0.15) is 0 Å². The van der Waals surface area contributed by atoms with Gasteiger partial charge in [-0.1, -0.05) is 35.1 Å². The molecule has 0 spiro atoms. The molecule has 0 N–H and O–H groups in total. The van der Waals surface area contributed by atoms with Gasteiger partial charge in [0.15, 0.2) is 4.34 Å². The van der Waals surface area contributed by atoms with Crippen molar-refractivity contribution >= 4 is 61.4 Å². The van der Waals surface area contributed by atoms with Crippen molar-refractivity contribution < 1.29 is 4.74 Å². The lowest BCUT2D eigenvalue weighted by molar-refractivity contribution is 0.122. The van der Waals surface area contributed by atoms with Crippen molar-refractivity contribution in [2.75, 3.05) is 31.2 Å². The lowest BCUT2D eigenvalue weighted by atomic mass is 10.2. The minimum Gasteiger partial charge on any atom is -0.378 e. The van der Waals surface area contributed by atoms with Crippen LogP contribution in [0.4, 0.5) is 5.13 Å². The van der Waals surface area contributed by atoms with Gasteiger partial charge in [-0.25, -0.2) is 9.97 Å². The van der Waals surface area contributed by atoms with E-state index in [1.165, 1.54) is 11.8 Å². The molecule has 0 amide bonds. The van der Waals surface area contributed by atoms with Crippen LogP contribution in [0.5, 0.6) is 0 Å². The van der Waals surface area contributed by atoms with Gasteiger partial charge in [-0.05, 0) is 35.5 Å². The molecule has 0 aliphatic carbocycles. The number of aromatic nitrogens is 4. The summed E-state index contributed by atoms with van der Waals surface area (Å²) in [6.07, 6.45) is 1.60. The van der Waals surface area contributed by atoms with Crippen LogP contribution in [0.25, 0.3) is 20.7 Å². The van der Waals surface area contributed by atoms with E-state index in [-0.39, 0.29) is 0 Å². The number of halogens is 1. The van der Waals surface area contributed by atoms with E-state index in [0.717, 1.165) is 66.5 Å². The molecular formula is C18H14ClN5OS3. The van der Waals surface area contributed by atoms with Crippen LogP contribution in [0.15, 0.2) is 46.0 Å². The Morgan fingerprint density at radius 2 is 1.86 bits per heavy atom. The molecule has 0 radical (unpaired) electrons. The van der Waals surface area contributed by atoms with Crippen LogP contribution < -0.4 is 4.90 Å². The Kier molecular flexibility index (Phi) is 5.17. The first-order valence-corrected chi connectivity index (χ1v) is 11.4. The minimum atomic E-state index is 0.730. The van der Waals surface area contributed by atoms with Gasteiger partial charge in [0.25, 0.3) is 0 Å². The second-order valence-corrected chi connectivity index (χ2v) is 9.74. The SMILES string of the molecule is Clc1ccc(-c2cc3ncnc(Sc4nnc(N5CCOCC5)s4)c3s2)cc1. The number of benzene rings is 1. The van der Waals surface area contributed by atoms with Crippen molar-refractivity contribution in [2.45, 2.75) is 9.37 Å². The molecule has 5 rings (SSSR count). The average molecular weight is 448 g/mol. The summed E-state index contributed by atoms with van der Waals surface area (Å²) in [5.74, 6) is 0. The van der Waals surface area contributed by atoms with Crippen molar-refractivity contribution in [1.29, 1.82) is 0 Å². The van der Waals surface area contributed by atoms with Crippen molar-refractivity contribution in [1.82, 2.24) is 20.2 Å². The fraction of sp³-hybridized carbons (Fsp3) is 0.222. The van der Waals surface area contributed by atoms with Gasteiger partial charge in [-0.2, -0.15) is 0 Å². The smallest absolute Gasteiger partial charge is 0.209 e. The predicted octanol–water partition coefficient (Wildman–Crippen LogP) is 4.85. The fourth-order valence-electron chi connectivity index (χ4n) is 2.87. The van der Waals surface area contributed by atoms with Gasteiger partial charge in [-0.15, -0.1) is 21.5 Å². The van der Waals surface area contributed by atoms with E-state index in [2.05, 4.69) is 31.1 Å². The highest BCUT2D eigenvalue weighted by Gasteiger charge is 2.18. The molecule has 28 heavy (non-hydrogen) atoms. The molecule has 1 aromatic carbocycles. The summed E-state index contributed by atoms with van der Waals surface area (Å²) in [6.45, 7) is 3.17. The van der Waals surface area contributed by atoms with Gasteiger partial charge < -0.3 is 9.64 Å². The van der Waals surface area contributed by atoms with Gasteiger partial charge in [-0.3, -0.25) is 0 Å². The number of nitrogens with zero attached hydrogens (tertiary/aromatic N) is 5. The van der Waals surface area contributed by atoms with E-state index in [0.29, 0.717) is 0 Å². The largest absolute Gasteiger partial charge is 0.378 e. The standard InChI is InChI=1S/C18H14ClN5OS3/c19-12-3-1-11(2-4-12)14-9-13-15(26-14)16(21-10-20-13)27-18-23-22-17(28-18)24-5-7-25-8-6-24/h1-4,9-10H,5-8H2. The molecule has 6 nitrogen and oxygen atoms in total. The van der Waals surface area contributed by atoms with Crippen molar-refractivity contribution in [3.05, 3.63) is 41.7 Å². The molecule has 10 heteroatoms. The number of hydrogen-bond acceptors (Lipinski definition) is 9. The molecule has 4 heterocycles. The van der Waals surface area contributed by atoms with Crippen molar-refractivity contribution in [3.8, 4) is 10.4 Å². The summed E-state index contributed by atoms with van der Waals surface area (Å²) in [7, 11) is 0. The zero-order valence-corrected chi connectivity index (χ0v) is 17.7. The summed E-state index contributed by atoms with van der Waals surface area (Å²) in [5.41, 5.74) is 2.05. The van der Waals surface area contributed by atoms with Crippen LogP contribution in [0.3, 0.4) is 0 Å². The summed E-state index contributed by atoms with van der Waals surface area (Å²) in [6, 6.07) is 9.93. The number of thiophene rings is 1. The Hall–Kier alpha value is -1.78. The van der Waals surface area contributed by atoms with Crippen LogP contribution in [-0.2, 0) is 4.74 Å². The molecular weight excluding hydrogens is 434 g/mol. The molecule has 1 aliphatic heterocycles. The third kappa shape index (κ3) is 3.72. The van der Waals surface area contributed by atoms with E-state index < -0.39 is 0 Å². The second-order valence-electron chi connectivity index (χ2n) is 6.06. The molecule has 1 aliphatic rings. The molecule has 4 aromatic rings. The number of hydrogen-bond donors (Lipinski definition) is 0. The Morgan fingerprint density at radius 3 is 2.68 bits per heavy atom. The van der Waals surface area contributed by atoms with E-state index in [9.17, 15) is 0 Å². The number of fused-ring (bicyclic) bond motifs is 1. The second kappa shape index (κ2) is 7.92. The van der Waals surface area contributed by atoms with Gasteiger partial charge in [0.2, 0.25) is 5.13 Å². The molecule has 142 valence electrons. The molecule has 1 saturated heterocycles. The van der Waals surface area contributed by atoms with Crippen LogP contribution in [-0.4, -0.2) is 46.5 Å². The van der Waals surface area contributed by atoms with Gasteiger partial charge in [0, 0.05) is 23.0 Å². The molecule has 0 atom stereocenters. The number of morpholine rings is 1. The summed E-state index contributed by atoms with van der Waals surface area (Å²) < 4.78 is 7.34. The summed E-state index contributed by atoms with van der Waals surface area (Å²) in [5, 5.41) is 11.3. The molecule has 0 bridgehead atoms. The van der Waals surface area contributed by atoms with E-state index in [1.54, 1.807) is 29.0 Å². The minimum absolute atomic E-state index is 0.730. The van der Waals surface area contributed by atoms with Crippen LogP contribution in [0.2, 0.25) is 5.02 Å². The van der Waals surface area contributed by atoms with E-state index in [1.807, 2.05) is 24.3 Å². The van der Waals surface area contributed by atoms with Crippen molar-refractivity contribution in [2.24, 2.45) is 0 Å². The van der Waals surface area contributed by atoms with Crippen LogP contribution >= 0.6 is 46.0 Å². The zero-order chi connectivity index (χ0) is 18.9. The third-order valence-electron chi connectivity index (χ3n) is 4.27. The number of anilines is 1. The highest BCUT2D eigenvalue weighted by atomic mass is 35.5. The molecule has 3 aromatic heterocycles. The maximum Gasteiger partial charge on any atom is 0.209 e. The van der Waals surface area contributed by atoms with Crippen LogP contribution in [0, 0.1) is 0 Å². The summed E-state index contributed by atoms with van der Waals surface area (Å²) in [4.78, 5) is 12.3. The lowest BCUT2D eigenvalue weighted by Crippen LogP contribution is -2.36. The first-order chi connectivity index (χ1) is 13.8. The Bertz CT molecular complexity index is 1110. The third-order valence-corrected chi connectivity index (χ3v) is 7.87. The first kappa shape index (κ1) is 18.3. The fourth-order valence-corrected chi connectivity index (χ4v) is 6.05. The number of ether oxygens (including phenoxy) is 1. The number of rotatable bonds is 4. The van der Waals surface area contributed by atoms with Gasteiger partial charge in [0.05, 0.1) is 23.4 Å². The predicted molar refractivity (Wildman–Crippen MR) is 115 cm³/mol. The first-order valence-electron chi connectivity index (χ1n) is 8.61. The zero-order valence-electron chi connectivity index (χ0n) is 14.5. The van der Waals surface area contributed by atoms with E-state index >= 15 is 0 Å². The maximum atomic E-state index is 6.01. The molecule has 0 unspecified atom stereocenters. The van der Waals surface area contributed by atoms with Gasteiger partial charge in [0.1, 0.15) is 11.4 Å². The lowest BCUT2D eigenvalue weighted by Gasteiger charge is -2.25. The van der Waals surface area contributed by atoms with Gasteiger partial charge >= 0.3 is 0 Å². The Morgan fingerprint density at radius 1 is 1.04 bits per heavy atom. The normalized spacial score (nSPS) is 14.7. The Balaban J connectivity index is 1.43. The highest BCUT2D eigenvalue weighted by Crippen LogP contribution is 2.40. The maximum absolute atomic E-state index is 6.01. The monoisotopic (exact) mass is 447 g/mol. The average Bonchev–Trinajstić information content (AvgIpc) is 3.37. The molecule has 0 saturated carbocycles. The van der Waals surface area contributed by atoms with E-state index in [4.69, 9.17) is 16.3 Å². The highest BCUT2D eigenvalue weighted by molar-refractivity contribution is 8.01. The quantitative estimate of drug-likeness (QED) is 0.414.